The number of anilines is 3. The normalized spacial score (nSPS) is 16.2. The summed E-state index contributed by atoms with van der Waals surface area (Å²) in [6.07, 6.45) is 1.68. The minimum absolute atomic E-state index is 0.0413. The van der Waals surface area contributed by atoms with Gasteiger partial charge in [0.15, 0.2) is 5.82 Å². The first kappa shape index (κ1) is 17.8. The van der Waals surface area contributed by atoms with E-state index in [4.69, 9.17) is 11.0 Å². The third kappa shape index (κ3) is 3.81. The molecule has 26 heavy (non-hydrogen) atoms. The fourth-order valence-electron chi connectivity index (χ4n) is 2.95. The Morgan fingerprint density at radius 2 is 1.92 bits per heavy atom. The van der Waals surface area contributed by atoms with Gasteiger partial charge in [-0.25, -0.2) is 4.98 Å². The zero-order chi connectivity index (χ0) is 18.7. The quantitative estimate of drug-likeness (QED) is 0.847. The van der Waals surface area contributed by atoms with E-state index >= 15 is 0 Å². The van der Waals surface area contributed by atoms with Gasteiger partial charge < -0.3 is 15.5 Å². The molecule has 2 aromatic heterocycles. The highest BCUT2D eigenvalue weighted by Gasteiger charge is 2.25. The van der Waals surface area contributed by atoms with E-state index in [1.807, 2.05) is 25.1 Å². The topological polar surface area (TPSA) is 111 Å². The Bertz CT molecular complexity index is 806. The minimum atomic E-state index is 0.0413. The van der Waals surface area contributed by atoms with Crippen LogP contribution < -0.4 is 15.5 Å². The van der Waals surface area contributed by atoms with Crippen molar-refractivity contribution in [3.63, 3.8) is 0 Å². The summed E-state index contributed by atoms with van der Waals surface area (Å²) < 4.78 is 0. The maximum atomic E-state index is 9.05. The van der Waals surface area contributed by atoms with Crippen molar-refractivity contribution in [1.82, 2.24) is 24.8 Å². The predicted octanol–water partition coefficient (Wildman–Crippen LogP) is 0.670. The van der Waals surface area contributed by atoms with Gasteiger partial charge in [0, 0.05) is 46.5 Å². The molecule has 2 N–H and O–H groups in total. The maximum Gasteiger partial charge on any atom is 0.229 e. The molecule has 1 saturated heterocycles. The summed E-state index contributed by atoms with van der Waals surface area (Å²) in [4.78, 5) is 23.7. The summed E-state index contributed by atoms with van der Waals surface area (Å²) in [5.74, 6) is 2.33. The summed E-state index contributed by atoms with van der Waals surface area (Å²) in [5, 5.41) is 9.05. The molecule has 0 aromatic carbocycles. The number of hydrogen-bond donors (Lipinski definition) is 1. The monoisotopic (exact) mass is 353 g/mol. The third-order valence-corrected chi connectivity index (χ3v) is 4.49. The number of nitrogens with two attached hydrogens (primary N) is 1. The highest BCUT2D eigenvalue weighted by Crippen LogP contribution is 2.22. The van der Waals surface area contributed by atoms with Gasteiger partial charge >= 0.3 is 0 Å². The first-order valence-electron chi connectivity index (χ1n) is 8.52. The largest absolute Gasteiger partial charge is 0.368 e. The Morgan fingerprint density at radius 3 is 2.58 bits per heavy atom. The van der Waals surface area contributed by atoms with Crippen molar-refractivity contribution >= 4 is 17.7 Å². The zero-order valence-corrected chi connectivity index (χ0v) is 15.3. The summed E-state index contributed by atoms with van der Waals surface area (Å²) in [6.45, 7) is 5.43. The smallest absolute Gasteiger partial charge is 0.229 e. The number of nitrogen functional groups attached to an aromatic ring is 1. The number of pyridine rings is 1. The molecule has 1 atom stereocenters. The molecule has 1 aliphatic heterocycles. The van der Waals surface area contributed by atoms with Crippen LogP contribution in [-0.2, 0) is 0 Å². The number of nitrogens with zero attached hydrogens (tertiary/aromatic N) is 8. The molecule has 9 heteroatoms. The van der Waals surface area contributed by atoms with Crippen LogP contribution in [-0.4, -0.2) is 65.1 Å². The van der Waals surface area contributed by atoms with E-state index in [0.717, 1.165) is 32.0 Å². The van der Waals surface area contributed by atoms with Gasteiger partial charge in [-0.15, -0.1) is 0 Å². The molecule has 0 spiro atoms. The molecular formula is C17H23N9. The highest BCUT2D eigenvalue weighted by atomic mass is 15.3. The van der Waals surface area contributed by atoms with Crippen molar-refractivity contribution in [3.8, 4) is 6.07 Å². The number of hydrogen-bond acceptors (Lipinski definition) is 9. The molecule has 1 aliphatic rings. The van der Waals surface area contributed by atoms with Gasteiger partial charge in [-0.3, -0.25) is 4.90 Å². The lowest BCUT2D eigenvalue weighted by atomic mass is 10.2. The van der Waals surface area contributed by atoms with Gasteiger partial charge in [0.1, 0.15) is 5.82 Å². The molecule has 0 amide bonds. The lowest BCUT2D eigenvalue weighted by molar-refractivity contribution is 0.191. The minimum Gasteiger partial charge on any atom is -0.368 e. The Labute approximate surface area is 153 Å². The van der Waals surface area contributed by atoms with Gasteiger partial charge in [0.2, 0.25) is 11.9 Å². The average molecular weight is 353 g/mol. The van der Waals surface area contributed by atoms with E-state index in [-0.39, 0.29) is 12.0 Å². The van der Waals surface area contributed by atoms with Crippen molar-refractivity contribution in [1.29, 1.82) is 5.26 Å². The molecule has 9 nitrogen and oxygen atoms in total. The molecule has 136 valence electrons. The van der Waals surface area contributed by atoms with Crippen LogP contribution in [0.15, 0.2) is 18.3 Å². The summed E-state index contributed by atoms with van der Waals surface area (Å²) >= 11 is 0. The van der Waals surface area contributed by atoms with Crippen molar-refractivity contribution < 1.29 is 0 Å². The zero-order valence-electron chi connectivity index (χ0n) is 15.3. The van der Waals surface area contributed by atoms with Crippen LogP contribution in [0.5, 0.6) is 0 Å². The fraction of sp³-hybridized carbons (Fsp3) is 0.471. The van der Waals surface area contributed by atoms with Crippen molar-refractivity contribution in [2.45, 2.75) is 13.0 Å². The summed E-state index contributed by atoms with van der Waals surface area (Å²) in [6, 6.07) is 5.75. The Kier molecular flexibility index (Phi) is 5.14. The van der Waals surface area contributed by atoms with Gasteiger partial charge in [-0.2, -0.15) is 20.2 Å². The SMILES string of the molecule is C[C@@H](c1nc(N)nc(N(C)C)n1)N1CCN(c2cc(C#N)ccn2)CC1. The van der Waals surface area contributed by atoms with Crippen LogP contribution in [0.4, 0.5) is 17.7 Å². The first-order valence-corrected chi connectivity index (χ1v) is 8.52. The third-order valence-electron chi connectivity index (χ3n) is 4.49. The standard InChI is InChI=1S/C17H23N9/c1-12(15-21-16(19)23-17(22-15)24(2)3)25-6-8-26(9-7-25)14-10-13(11-18)4-5-20-14/h4-5,10,12H,6-9H2,1-3H3,(H2,19,21,22,23)/t12-/m0/s1. The van der Waals surface area contributed by atoms with Crippen LogP contribution in [0.2, 0.25) is 0 Å². The highest BCUT2D eigenvalue weighted by molar-refractivity contribution is 5.45. The van der Waals surface area contributed by atoms with E-state index in [2.05, 4.69) is 42.7 Å². The number of aromatic nitrogens is 4. The summed E-state index contributed by atoms with van der Waals surface area (Å²) in [7, 11) is 3.76. The van der Waals surface area contributed by atoms with E-state index < -0.39 is 0 Å². The van der Waals surface area contributed by atoms with Crippen LogP contribution in [0, 0.1) is 11.3 Å². The number of rotatable bonds is 4. The van der Waals surface area contributed by atoms with Gasteiger partial charge in [-0.1, -0.05) is 0 Å². The molecule has 3 heterocycles. The molecule has 1 fully saturated rings. The van der Waals surface area contributed by atoms with E-state index in [1.54, 1.807) is 12.3 Å². The molecular weight excluding hydrogens is 330 g/mol. The van der Waals surface area contributed by atoms with Crippen molar-refractivity contribution in [2.24, 2.45) is 0 Å². The van der Waals surface area contributed by atoms with E-state index in [1.165, 1.54) is 0 Å². The Morgan fingerprint density at radius 1 is 1.19 bits per heavy atom. The van der Waals surface area contributed by atoms with Crippen molar-refractivity contribution in [2.75, 3.05) is 55.8 Å². The Hall–Kier alpha value is -2.99. The Balaban J connectivity index is 1.69. The van der Waals surface area contributed by atoms with Crippen LogP contribution in [0.25, 0.3) is 0 Å². The average Bonchev–Trinajstić information content (AvgIpc) is 2.67. The second kappa shape index (κ2) is 7.49. The van der Waals surface area contributed by atoms with Gasteiger partial charge in [-0.05, 0) is 19.1 Å². The molecule has 3 rings (SSSR count). The van der Waals surface area contributed by atoms with Crippen molar-refractivity contribution in [3.05, 3.63) is 29.7 Å². The lowest BCUT2D eigenvalue weighted by Gasteiger charge is -2.38. The van der Waals surface area contributed by atoms with E-state index in [0.29, 0.717) is 17.3 Å². The van der Waals surface area contributed by atoms with Crippen LogP contribution in [0.3, 0.4) is 0 Å². The van der Waals surface area contributed by atoms with Gasteiger partial charge in [0.25, 0.3) is 0 Å². The first-order chi connectivity index (χ1) is 12.5. The molecule has 0 radical (unpaired) electrons. The molecule has 0 bridgehead atoms. The lowest BCUT2D eigenvalue weighted by Crippen LogP contribution is -2.47. The van der Waals surface area contributed by atoms with Crippen LogP contribution >= 0.6 is 0 Å². The number of nitriles is 1. The maximum absolute atomic E-state index is 9.05. The fourth-order valence-corrected chi connectivity index (χ4v) is 2.95. The summed E-state index contributed by atoms with van der Waals surface area (Å²) in [5.41, 5.74) is 6.47. The number of piperazine rings is 1. The molecule has 0 aliphatic carbocycles. The second-order valence-corrected chi connectivity index (χ2v) is 6.46. The second-order valence-electron chi connectivity index (χ2n) is 6.46. The van der Waals surface area contributed by atoms with Gasteiger partial charge in [0.05, 0.1) is 17.7 Å². The molecule has 2 aromatic rings. The van der Waals surface area contributed by atoms with E-state index in [9.17, 15) is 0 Å². The molecule has 0 unspecified atom stereocenters. The molecule has 0 saturated carbocycles. The predicted molar refractivity (Wildman–Crippen MR) is 99.7 cm³/mol. The van der Waals surface area contributed by atoms with Crippen LogP contribution in [0.1, 0.15) is 24.4 Å².